The Morgan fingerprint density at radius 1 is 0.911 bits per heavy atom. The third-order valence-corrected chi connectivity index (χ3v) is 16.0. The van der Waals surface area contributed by atoms with E-state index in [4.69, 9.17) is 23.7 Å². The van der Waals surface area contributed by atoms with Crippen molar-refractivity contribution in [2.45, 2.75) is 172 Å². The summed E-state index contributed by atoms with van der Waals surface area (Å²) in [7, 11) is 0. The molecule has 4 bridgehead atoms. The summed E-state index contributed by atoms with van der Waals surface area (Å²) in [5, 5.41) is 63.1. The van der Waals surface area contributed by atoms with Crippen molar-refractivity contribution < 1.29 is 68.4 Å². The van der Waals surface area contributed by atoms with Gasteiger partial charge in [0, 0.05) is 50.2 Å². The molecular weight excluding hydrogens is 730 g/mol. The standard InChI is InChI=1S/C41H63NO14/c1-10-20(4)34(46)55-30-28-23(24-18-42-17-19(3)12-13-25(42)38(9,49)27(24)29(30)45)16-39-36(7)15-14-26(54-35(47)37(8,48)11-2)41(51,56-39)32(36)31(52-21(5)43)33(40(28,39)50)53-22(6)44/h19-20,23-33,45,48-51H,10-18H2,1-9H3/t19-,20+,23+,24-,25-,26-,27+,28-,29-,30+,31+,32-,33+,36+,37-,38+,39-,40+,41+/m1/s1. The van der Waals surface area contributed by atoms with Crippen LogP contribution in [0.25, 0.3) is 0 Å². The topological polar surface area (TPSA) is 219 Å². The van der Waals surface area contributed by atoms with Crippen LogP contribution in [-0.4, -0.2) is 132 Å². The number of rotatable bonds is 8. The molecule has 316 valence electrons. The highest BCUT2D eigenvalue weighted by atomic mass is 16.7. The van der Waals surface area contributed by atoms with Gasteiger partial charge in [0.05, 0.1) is 23.5 Å². The van der Waals surface area contributed by atoms with Gasteiger partial charge in [0.25, 0.3) is 0 Å². The molecular formula is C41H63NO14. The molecule has 19 atom stereocenters. The highest BCUT2D eigenvalue weighted by Gasteiger charge is 2.92. The predicted octanol–water partition coefficient (Wildman–Crippen LogP) is 1.61. The van der Waals surface area contributed by atoms with E-state index in [1.807, 2.05) is 13.8 Å². The Morgan fingerprint density at radius 2 is 1.57 bits per heavy atom. The molecule has 5 N–H and O–H groups in total. The number of carbonyl (C=O) groups is 4. The van der Waals surface area contributed by atoms with Crippen LogP contribution in [0.15, 0.2) is 0 Å². The van der Waals surface area contributed by atoms with Crippen molar-refractivity contribution in [2.24, 2.45) is 46.8 Å². The molecule has 4 saturated carbocycles. The highest BCUT2D eigenvalue weighted by molar-refractivity contribution is 5.79. The minimum Gasteiger partial charge on any atom is -0.459 e. The Kier molecular flexibility index (Phi) is 10.1. The Labute approximate surface area is 328 Å². The van der Waals surface area contributed by atoms with Crippen LogP contribution in [-0.2, 0) is 42.9 Å². The van der Waals surface area contributed by atoms with Crippen molar-refractivity contribution >= 4 is 23.9 Å². The Balaban J connectivity index is 1.45. The quantitative estimate of drug-likeness (QED) is 0.174. The lowest BCUT2D eigenvalue weighted by molar-refractivity contribution is -0.315. The Hall–Kier alpha value is -2.40. The molecule has 1 spiro atoms. The molecule has 0 radical (unpaired) electrons. The normalized spacial score (nSPS) is 50.5. The van der Waals surface area contributed by atoms with Gasteiger partial charge in [0.1, 0.15) is 17.3 Å². The lowest BCUT2D eigenvalue weighted by Crippen LogP contribution is -2.79. The summed E-state index contributed by atoms with van der Waals surface area (Å²) in [6.45, 7) is 15.5. The van der Waals surface area contributed by atoms with Gasteiger partial charge in [-0.1, -0.05) is 34.6 Å². The Bertz CT molecular complexity index is 1620. The van der Waals surface area contributed by atoms with Gasteiger partial charge in [-0.2, -0.15) is 0 Å². The van der Waals surface area contributed by atoms with E-state index in [1.54, 1.807) is 20.8 Å². The first-order chi connectivity index (χ1) is 26.0. The fraction of sp³-hybridized carbons (Fsp3) is 0.902. The first-order valence-corrected chi connectivity index (χ1v) is 20.7. The highest BCUT2D eigenvalue weighted by Crippen LogP contribution is 2.78. The number of aliphatic hydroxyl groups is 5. The molecule has 3 heterocycles. The monoisotopic (exact) mass is 793 g/mol. The number of piperidine rings is 2. The Morgan fingerprint density at radius 3 is 2.18 bits per heavy atom. The van der Waals surface area contributed by atoms with E-state index >= 15 is 0 Å². The summed E-state index contributed by atoms with van der Waals surface area (Å²) < 4.78 is 31.2. The van der Waals surface area contributed by atoms with E-state index in [1.165, 1.54) is 6.92 Å². The summed E-state index contributed by atoms with van der Waals surface area (Å²) >= 11 is 0. The second kappa shape index (κ2) is 13.6. The van der Waals surface area contributed by atoms with Crippen LogP contribution in [0, 0.1) is 46.8 Å². The van der Waals surface area contributed by atoms with Gasteiger partial charge in [-0.25, -0.2) is 4.79 Å². The van der Waals surface area contributed by atoms with Crippen molar-refractivity contribution in [2.75, 3.05) is 13.1 Å². The van der Waals surface area contributed by atoms with E-state index in [0.29, 0.717) is 31.8 Å². The van der Waals surface area contributed by atoms with Crippen molar-refractivity contribution in [3.05, 3.63) is 0 Å². The smallest absolute Gasteiger partial charge is 0.338 e. The lowest BCUT2D eigenvalue weighted by Gasteiger charge is -2.63. The third-order valence-electron chi connectivity index (χ3n) is 16.0. The van der Waals surface area contributed by atoms with Gasteiger partial charge in [-0.3, -0.25) is 19.3 Å². The SMILES string of the molecule is CC[C@H](C)C(=O)O[C@@H]1[C@H](O)[C@@H]2[C@H](CN3C[C@H](C)CC[C@@H]3[C@]2(C)O)[C@@H]2C[C@@]34O[C@@]5(O)[C@H](OC(=O)[C@](C)(O)CC)CC[C@@]3(C)[C@H]5[C@H](OC(C)=O)[C@H](OC(C)=O)[C@@]4(O)[C@H]21. The van der Waals surface area contributed by atoms with Gasteiger partial charge in [-0.15, -0.1) is 0 Å². The maximum atomic E-state index is 14.0. The fourth-order valence-corrected chi connectivity index (χ4v) is 13.1. The molecule has 0 aromatic rings. The molecule has 15 heteroatoms. The maximum Gasteiger partial charge on any atom is 0.338 e. The van der Waals surface area contributed by atoms with E-state index < -0.39 is 124 Å². The third kappa shape index (κ3) is 5.53. The van der Waals surface area contributed by atoms with Crippen LogP contribution < -0.4 is 0 Å². The molecule has 7 rings (SSSR count). The number of hydrogen-bond donors (Lipinski definition) is 5. The fourth-order valence-electron chi connectivity index (χ4n) is 13.1. The zero-order chi connectivity index (χ0) is 41.3. The van der Waals surface area contributed by atoms with Crippen LogP contribution in [0.1, 0.15) is 107 Å². The number of hydrogen-bond acceptors (Lipinski definition) is 15. The number of carbonyl (C=O) groups excluding carboxylic acids is 4. The van der Waals surface area contributed by atoms with Crippen molar-refractivity contribution in [1.82, 2.24) is 4.90 Å². The summed E-state index contributed by atoms with van der Waals surface area (Å²) in [5.74, 6) is -10.4. The van der Waals surface area contributed by atoms with Crippen LogP contribution in [0.3, 0.4) is 0 Å². The molecule has 4 aliphatic carbocycles. The van der Waals surface area contributed by atoms with Crippen LogP contribution in [0.2, 0.25) is 0 Å². The molecule has 0 amide bonds. The molecule has 7 aliphatic rings. The van der Waals surface area contributed by atoms with E-state index in [9.17, 15) is 44.7 Å². The number of nitrogens with zero attached hydrogens (tertiary/aromatic N) is 1. The lowest BCUT2D eigenvalue weighted by atomic mass is 9.47. The van der Waals surface area contributed by atoms with Crippen LogP contribution >= 0.6 is 0 Å². The maximum absolute atomic E-state index is 14.0. The van der Waals surface area contributed by atoms with Crippen molar-refractivity contribution in [3.8, 4) is 0 Å². The van der Waals surface area contributed by atoms with Gasteiger partial charge in [0.15, 0.2) is 23.9 Å². The first-order valence-electron chi connectivity index (χ1n) is 20.7. The van der Waals surface area contributed by atoms with Crippen LogP contribution in [0.5, 0.6) is 0 Å². The van der Waals surface area contributed by atoms with E-state index in [2.05, 4.69) is 11.8 Å². The van der Waals surface area contributed by atoms with Gasteiger partial charge >= 0.3 is 23.9 Å². The molecule has 0 aromatic heterocycles. The number of esters is 4. The average Bonchev–Trinajstić information content (AvgIpc) is 3.43. The first kappa shape index (κ1) is 41.7. The molecule has 0 unspecified atom stereocenters. The predicted molar refractivity (Wildman–Crippen MR) is 195 cm³/mol. The van der Waals surface area contributed by atoms with Crippen molar-refractivity contribution in [3.63, 3.8) is 0 Å². The summed E-state index contributed by atoms with van der Waals surface area (Å²) in [4.78, 5) is 55.6. The molecule has 0 aromatic carbocycles. The van der Waals surface area contributed by atoms with E-state index in [-0.39, 0.29) is 31.7 Å². The summed E-state index contributed by atoms with van der Waals surface area (Å²) in [6.07, 6.45) is -5.39. The molecule has 7 fully saturated rings. The van der Waals surface area contributed by atoms with Gasteiger partial charge < -0.3 is 49.2 Å². The largest absolute Gasteiger partial charge is 0.459 e. The van der Waals surface area contributed by atoms with Crippen molar-refractivity contribution in [1.29, 1.82) is 0 Å². The zero-order valence-corrected chi connectivity index (χ0v) is 34.2. The second-order valence-corrected chi connectivity index (χ2v) is 19.2. The van der Waals surface area contributed by atoms with Gasteiger partial charge in [-0.05, 0) is 76.5 Å². The molecule has 56 heavy (non-hydrogen) atoms. The zero-order valence-electron chi connectivity index (χ0n) is 34.2. The molecule has 3 saturated heterocycles. The van der Waals surface area contributed by atoms with Gasteiger partial charge in [0.2, 0.25) is 5.79 Å². The average molecular weight is 794 g/mol. The van der Waals surface area contributed by atoms with Crippen LogP contribution in [0.4, 0.5) is 0 Å². The minimum absolute atomic E-state index is 0.0107. The summed E-state index contributed by atoms with van der Waals surface area (Å²) in [6, 6.07) is -0.288. The number of aliphatic hydroxyl groups excluding tert-OH is 1. The molecule has 3 aliphatic heterocycles. The van der Waals surface area contributed by atoms with E-state index in [0.717, 1.165) is 20.3 Å². The number of fused-ring (bicyclic) bond motifs is 5. The minimum atomic E-state index is -2.44. The number of ether oxygens (including phenoxy) is 5. The summed E-state index contributed by atoms with van der Waals surface area (Å²) in [5.41, 5.74) is -8.83. The second-order valence-electron chi connectivity index (χ2n) is 19.2. The molecule has 15 nitrogen and oxygen atoms in total.